The van der Waals surface area contributed by atoms with Gasteiger partial charge < -0.3 is 5.32 Å². The Morgan fingerprint density at radius 2 is 2.31 bits per heavy atom. The molecule has 5 heteroatoms. The summed E-state index contributed by atoms with van der Waals surface area (Å²) in [5.74, 6) is 0. The van der Waals surface area contributed by atoms with E-state index < -0.39 is 0 Å². The maximum Gasteiger partial charge on any atom is 0.143 e. The second kappa shape index (κ2) is 4.91. The van der Waals surface area contributed by atoms with Crippen LogP contribution in [0.4, 0.5) is 0 Å². The van der Waals surface area contributed by atoms with Gasteiger partial charge in [-0.05, 0) is 26.1 Å². The molecule has 0 fully saturated rings. The van der Waals surface area contributed by atoms with Gasteiger partial charge in [-0.1, -0.05) is 11.6 Å². The molecule has 0 aliphatic carbocycles. The first-order chi connectivity index (χ1) is 7.72. The van der Waals surface area contributed by atoms with Gasteiger partial charge in [0.1, 0.15) is 10.7 Å². The van der Waals surface area contributed by atoms with Crippen LogP contribution in [0.15, 0.2) is 18.3 Å². The third kappa shape index (κ3) is 2.24. The summed E-state index contributed by atoms with van der Waals surface area (Å²) in [6, 6.07) is 3.65. The van der Waals surface area contributed by atoms with Crippen LogP contribution in [0.3, 0.4) is 0 Å². The molecule has 0 amide bonds. The zero-order valence-electron chi connectivity index (χ0n) is 9.12. The molecule has 2 heterocycles. The van der Waals surface area contributed by atoms with Crippen LogP contribution >= 0.6 is 22.9 Å². The second-order valence-corrected chi connectivity index (χ2v) is 4.88. The Morgan fingerprint density at radius 3 is 3.00 bits per heavy atom. The fourth-order valence-electron chi connectivity index (χ4n) is 1.40. The quantitative estimate of drug-likeness (QED) is 0.914. The van der Waals surface area contributed by atoms with E-state index in [2.05, 4.69) is 15.3 Å². The first kappa shape index (κ1) is 11.5. The van der Waals surface area contributed by atoms with Gasteiger partial charge in [0.2, 0.25) is 0 Å². The Labute approximate surface area is 104 Å². The predicted octanol–water partition coefficient (Wildman–Crippen LogP) is 2.89. The average molecular weight is 254 g/mol. The average Bonchev–Trinajstić information content (AvgIpc) is 2.61. The summed E-state index contributed by atoms with van der Waals surface area (Å²) in [5.41, 5.74) is 1.80. The number of hydrogen-bond acceptors (Lipinski definition) is 4. The summed E-state index contributed by atoms with van der Waals surface area (Å²) in [4.78, 5) is 9.97. The zero-order valence-corrected chi connectivity index (χ0v) is 10.7. The molecule has 16 heavy (non-hydrogen) atoms. The van der Waals surface area contributed by atoms with Gasteiger partial charge in [0.15, 0.2) is 0 Å². The van der Waals surface area contributed by atoms with Crippen molar-refractivity contribution in [1.29, 1.82) is 0 Å². The van der Waals surface area contributed by atoms with E-state index in [9.17, 15) is 0 Å². The summed E-state index contributed by atoms with van der Waals surface area (Å²) in [7, 11) is 1.92. The highest BCUT2D eigenvalue weighted by Gasteiger charge is 2.12. The lowest BCUT2D eigenvalue weighted by Gasteiger charge is -1.96. The summed E-state index contributed by atoms with van der Waals surface area (Å²) in [6.45, 7) is 2.83. The normalized spacial score (nSPS) is 10.7. The van der Waals surface area contributed by atoms with E-state index in [1.165, 1.54) is 4.88 Å². The standard InChI is InChI=1S/C11H12ClN3S/c1-7-9(6-13-2)16-11(15-7)10-8(12)4-3-5-14-10/h3-5,13H,6H2,1-2H3. The third-order valence-corrected chi connectivity index (χ3v) is 3.66. The molecule has 2 aromatic rings. The van der Waals surface area contributed by atoms with Crippen LogP contribution in [0.2, 0.25) is 5.02 Å². The van der Waals surface area contributed by atoms with Crippen molar-refractivity contribution in [3.63, 3.8) is 0 Å². The number of aromatic nitrogens is 2. The molecule has 0 saturated carbocycles. The van der Waals surface area contributed by atoms with Gasteiger partial charge in [-0.2, -0.15) is 0 Å². The van der Waals surface area contributed by atoms with E-state index >= 15 is 0 Å². The van der Waals surface area contributed by atoms with Crippen molar-refractivity contribution in [3.8, 4) is 10.7 Å². The van der Waals surface area contributed by atoms with E-state index in [1.807, 2.05) is 26.1 Å². The van der Waals surface area contributed by atoms with Crippen LogP contribution in [0.5, 0.6) is 0 Å². The molecule has 0 aliphatic rings. The van der Waals surface area contributed by atoms with Crippen LogP contribution in [0.25, 0.3) is 10.7 Å². The lowest BCUT2D eigenvalue weighted by Crippen LogP contribution is -2.04. The molecule has 0 saturated heterocycles. The molecule has 2 aromatic heterocycles. The molecule has 0 bridgehead atoms. The van der Waals surface area contributed by atoms with Crippen molar-refractivity contribution in [2.45, 2.75) is 13.5 Å². The van der Waals surface area contributed by atoms with Gasteiger partial charge in [-0.3, -0.25) is 4.98 Å². The van der Waals surface area contributed by atoms with Crippen molar-refractivity contribution >= 4 is 22.9 Å². The first-order valence-electron chi connectivity index (χ1n) is 4.94. The Balaban J connectivity index is 2.42. The number of rotatable bonds is 3. The molecule has 0 atom stereocenters. The van der Waals surface area contributed by atoms with Crippen LogP contribution in [-0.2, 0) is 6.54 Å². The maximum absolute atomic E-state index is 6.09. The summed E-state index contributed by atoms with van der Waals surface area (Å²) < 4.78 is 0. The Bertz CT molecular complexity index is 496. The van der Waals surface area contributed by atoms with Gasteiger partial charge in [0, 0.05) is 17.6 Å². The Morgan fingerprint density at radius 1 is 1.50 bits per heavy atom. The minimum absolute atomic E-state index is 0.646. The van der Waals surface area contributed by atoms with Crippen molar-refractivity contribution in [1.82, 2.24) is 15.3 Å². The van der Waals surface area contributed by atoms with Crippen molar-refractivity contribution in [3.05, 3.63) is 33.9 Å². The molecular formula is C11H12ClN3S. The van der Waals surface area contributed by atoms with E-state index in [-0.39, 0.29) is 0 Å². The van der Waals surface area contributed by atoms with Crippen LogP contribution < -0.4 is 5.32 Å². The molecule has 0 aromatic carbocycles. The van der Waals surface area contributed by atoms with E-state index in [0.717, 1.165) is 22.9 Å². The fourth-order valence-corrected chi connectivity index (χ4v) is 2.75. The summed E-state index contributed by atoms with van der Waals surface area (Å²) in [6.07, 6.45) is 1.73. The molecule has 3 nitrogen and oxygen atoms in total. The first-order valence-corrected chi connectivity index (χ1v) is 6.13. The molecule has 2 rings (SSSR count). The van der Waals surface area contributed by atoms with E-state index in [4.69, 9.17) is 11.6 Å². The summed E-state index contributed by atoms with van der Waals surface area (Å²) in [5, 5.41) is 4.65. The zero-order chi connectivity index (χ0) is 11.5. The SMILES string of the molecule is CNCc1sc(-c2ncccc2Cl)nc1C. The van der Waals surface area contributed by atoms with E-state index in [1.54, 1.807) is 17.5 Å². The lowest BCUT2D eigenvalue weighted by atomic mass is 10.3. The number of nitrogens with one attached hydrogen (secondary N) is 1. The van der Waals surface area contributed by atoms with Crippen molar-refractivity contribution in [2.75, 3.05) is 7.05 Å². The van der Waals surface area contributed by atoms with Gasteiger partial charge in [-0.25, -0.2) is 4.98 Å². The number of thiazole rings is 1. The maximum atomic E-state index is 6.09. The smallest absolute Gasteiger partial charge is 0.143 e. The molecule has 1 N–H and O–H groups in total. The third-order valence-electron chi connectivity index (χ3n) is 2.19. The highest BCUT2D eigenvalue weighted by atomic mass is 35.5. The van der Waals surface area contributed by atoms with Gasteiger partial charge >= 0.3 is 0 Å². The lowest BCUT2D eigenvalue weighted by molar-refractivity contribution is 0.823. The van der Waals surface area contributed by atoms with Crippen molar-refractivity contribution < 1.29 is 0 Å². The number of halogens is 1. The highest BCUT2D eigenvalue weighted by Crippen LogP contribution is 2.30. The number of nitrogens with zero attached hydrogens (tertiary/aromatic N) is 2. The van der Waals surface area contributed by atoms with Gasteiger partial charge in [0.05, 0.1) is 10.7 Å². The Kier molecular flexibility index (Phi) is 3.53. The molecule has 0 radical (unpaired) electrons. The minimum Gasteiger partial charge on any atom is -0.315 e. The largest absolute Gasteiger partial charge is 0.315 e. The topological polar surface area (TPSA) is 37.8 Å². The van der Waals surface area contributed by atoms with Crippen LogP contribution in [0, 0.1) is 6.92 Å². The molecule has 84 valence electrons. The number of pyridine rings is 1. The highest BCUT2D eigenvalue weighted by molar-refractivity contribution is 7.15. The molecule has 0 unspecified atom stereocenters. The van der Waals surface area contributed by atoms with Gasteiger partial charge in [0.25, 0.3) is 0 Å². The molecule has 0 spiro atoms. The molecular weight excluding hydrogens is 242 g/mol. The van der Waals surface area contributed by atoms with E-state index in [0.29, 0.717) is 5.02 Å². The van der Waals surface area contributed by atoms with Crippen LogP contribution in [-0.4, -0.2) is 17.0 Å². The monoisotopic (exact) mass is 253 g/mol. The van der Waals surface area contributed by atoms with Crippen LogP contribution in [0.1, 0.15) is 10.6 Å². The Hall–Kier alpha value is -0.970. The van der Waals surface area contributed by atoms with Gasteiger partial charge in [-0.15, -0.1) is 11.3 Å². The fraction of sp³-hybridized carbons (Fsp3) is 0.273. The number of hydrogen-bond donors (Lipinski definition) is 1. The van der Waals surface area contributed by atoms with Crippen molar-refractivity contribution in [2.24, 2.45) is 0 Å². The summed E-state index contributed by atoms with van der Waals surface area (Å²) >= 11 is 7.72. The molecule has 0 aliphatic heterocycles. The minimum atomic E-state index is 0.646. The second-order valence-electron chi connectivity index (χ2n) is 3.39. The number of aryl methyl sites for hydroxylation is 1. The predicted molar refractivity (Wildman–Crippen MR) is 67.9 cm³/mol.